The Hall–Kier alpha value is 0.0200. The van der Waals surface area contributed by atoms with E-state index in [-0.39, 0.29) is 18.8 Å². The molecular weight excluding hydrogens is 352 g/mol. The lowest BCUT2D eigenvalue weighted by Crippen LogP contribution is -2.45. The topological polar surface area (TPSA) is 58.7 Å². The summed E-state index contributed by atoms with van der Waals surface area (Å²) in [6.45, 7) is 4.71. The van der Waals surface area contributed by atoms with Crippen LogP contribution in [0.5, 0.6) is 0 Å². The summed E-state index contributed by atoms with van der Waals surface area (Å²) in [7, 11) is 0. The van der Waals surface area contributed by atoms with E-state index in [4.69, 9.17) is 15.6 Å². The van der Waals surface area contributed by atoms with Crippen molar-refractivity contribution in [3.8, 4) is 0 Å². The van der Waals surface area contributed by atoms with E-state index in [2.05, 4.69) is 39.9 Å². The first-order valence-corrected chi connectivity index (χ1v) is 9.24. The van der Waals surface area contributed by atoms with E-state index < -0.39 is 0 Å². The highest BCUT2D eigenvalue weighted by molar-refractivity contribution is 9.11. The van der Waals surface area contributed by atoms with Crippen LogP contribution < -0.4 is 5.73 Å². The Morgan fingerprint density at radius 3 is 2.71 bits per heavy atom. The summed E-state index contributed by atoms with van der Waals surface area (Å²) in [5.41, 5.74) is 6.39. The van der Waals surface area contributed by atoms with Crippen LogP contribution in [0.25, 0.3) is 0 Å². The number of aliphatic hydroxyl groups is 1. The molecule has 1 aliphatic rings. The van der Waals surface area contributed by atoms with Gasteiger partial charge < -0.3 is 15.6 Å². The molecule has 120 valence electrons. The third-order valence-electron chi connectivity index (χ3n) is 4.08. The highest BCUT2D eigenvalue weighted by atomic mass is 79.9. The number of hydrogen-bond donors (Lipinski definition) is 2. The maximum Gasteiger partial charge on any atom is 0.0702 e. The zero-order chi connectivity index (χ0) is 15.2. The molecule has 1 fully saturated rings. The van der Waals surface area contributed by atoms with Crippen molar-refractivity contribution in [1.82, 2.24) is 4.90 Å². The highest BCUT2D eigenvalue weighted by Gasteiger charge is 2.30. The summed E-state index contributed by atoms with van der Waals surface area (Å²) < 4.78 is 6.80. The SMILES string of the molecule is CCC(N)C(c1ccc(Br)s1)N1CCC(OCCO)CC1. The third-order valence-corrected chi connectivity index (χ3v) is 5.77. The molecule has 1 aromatic heterocycles. The Bertz CT molecular complexity index is 422. The number of thiophene rings is 1. The fourth-order valence-electron chi connectivity index (χ4n) is 2.91. The maximum atomic E-state index is 8.84. The molecule has 1 saturated heterocycles. The van der Waals surface area contributed by atoms with E-state index in [0.29, 0.717) is 12.6 Å². The van der Waals surface area contributed by atoms with Crippen molar-refractivity contribution in [2.24, 2.45) is 5.73 Å². The number of ether oxygens (including phenoxy) is 1. The fourth-order valence-corrected chi connectivity index (χ4v) is 4.55. The van der Waals surface area contributed by atoms with Crippen LogP contribution in [0.2, 0.25) is 0 Å². The average molecular weight is 377 g/mol. The minimum absolute atomic E-state index is 0.104. The highest BCUT2D eigenvalue weighted by Crippen LogP contribution is 2.35. The van der Waals surface area contributed by atoms with Gasteiger partial charge in [0.1, 0.15) is 0 Å². The van der Waals surface area contributed by atoms with Crippen molar-refractivity contribution >= 4 is 27.3 Å². The van der Waals surface area contributed by atoms with Crippen LogP contribution in [0.4, 0.5) is 0 Å². The Kier molecular flexibility index (Phi) is 7.12. The number of rotatable bonds is 7. The zero-order valence-corrected chi connectivity index (χ0v) is 14.9. The van der Waals surface area contributed by atoms with Gasteiger partial charge in [0.05, 0.1) is 29.1 Å². The van der Waals surface area contributed by atoms with Gasteiger partial charge in [-0.25, -0.2) is 0 Å². The van der Waals surface area contributed by atoms with Crippen molar-refractivity contribution in [3.63, 3.8) is 0 Å². The van der Waals surface area contributed by atoms with E-state index >= 15 is 0 Å². The average Bonchev–Trinajstić information content (AvgIpc) is 2.92. The standard InChI is InChI=1S/C15H25BrN2O2S/c1-2-12(17)15(13-3-4-14(16)21-13)18-7-5-11(6-8-18)20-10-9-19/h3-4,11-12,15,19H,2,5-10,17H2,1H3. The second-order valence-corrected chi connectivity index (χ2v) is 7.98. The van der Waals surface area contributed by atoms with E-state index in [9.17, 15) is 0 Å². The second kappa shape index (κ2) is 8.60. The first-order valence-electron chi connectivity index (χ1n) is 7.63. The number of nitrogens with two attached hydrogens (primary N) is 1. The zero-order valence-electron chi connectivity index (χ0n) is 12.5. The molecule has 21 heavy (non-hydrogen) atoms. The van der Waals surface area contributed by atoms with Gasteiger partial charge in [0.15, 0.2) is 0 Å². The number of piperidine rings is 1. The summed E-state index contributed by atoms with van der Waals surface area (Å²) in [6.07, 6.45) is 3.28. The minimum atomic E-state index is 0.104. The Morgan fingerprint density at radius 1 is 1.48 bits per heavy atom. The van der Waals surface area contributed by atoms with E-state index in [1.165, 1.54) is 4.88 Å². The van der Waals surface area contributed by atoms with Crippen molar-refractivity contribution in [2.45, 2.75) is 44.4 Å². The quantitative estimate of drug-likeness (QED) is 0.767. The largest absolute Gasteiger partial charge is 0.394 e. The Morgan fingerprint density at radius 2 is 2.19 bits per heavy atom. The summed E-state index contributed by atoms with van der Waals surface area (Å²) in [5, 5.41) is 8.84. The van der Waals surface area contributed by atoms with E-state index in [1.807, 2.05) is 0 Å². The van der Waals surface area contributed by atoms with Crippen molar-refractivity contribution in [1.29, 1.82) is 0 Å². The molecule has 0 aliphatic carbocycles. The first kappa shape index (κ1) is 17.4. The van der Waals surface area contributed by atoms with Gasteiger partial charge in [-0.05, 0) is 47.3 Å². The fraction of sp³-hybridized carbons (Fsp3) is 0.733. The van der Waals surface area contributed by atoms with Crippen molar-refractivity contribution in [2.75, 3.05) is 26.3 Å². The lowest BCUT2D eigenvalue weighted by molar-refractivity contribution is -0.0175. The van der Waals surface area contributed by atoms with Gasteiger partial charge in [0.2, 0.25) is 0 Å². The van der Waals surface area contributed by atoms with Crippen LogP contribution >= 0.6 is 27.3 Å². The molecule has 0 saturated carbocycles. The van der Waals surface area contributed by atoms with Crippen LogP contribution in [0.3, 0.4) is 0 Å². The van der Waals surface area contributed by atoms with Gasteiger partial charge in [0.25, 0.3) is 0 Å². The molecule has 0 spiro atoms. The molecule has 2 atom stereocenters. The molecule has 2 unspecified atom stereocenters. The molecule has 0 bridgehead atoms. The normalized spacial score (nSPS) is 20.6. The molecule has 2 rings (SSSR count). The summed E-state index contributed by atoms with van der Waals surface area (Å²) in [4.78, 5) is 3.83. The molecule has 1 aliphatic heterocycles. The Labute approximate surface area is 139 Å². The van der Waals surface area contributed by atoms with Crippen molar-refractivity contribution < 1.29 is 9.84 Å². The number of nitrogens with zero attached hydrogens (tertiary/aromatic N) is 1. The number of likely N-dealkylation sites (tertiary alicyclic amines) is 1. The van der Waals surface area contributed by atoms with Crippen LogP contribution in [-0.4, -0.2) is 48.5 Å². The van der Waals surface area contributed by atoms with Crippen molar-refractivity contribution in [3.05, 3.63) is 20.8 Å². The van der Waals surface area contributed by atoms with Gasteiger partial charge in [-0.15, -0.1) is 11.3 Å². The molecule has 4 nitrogen and oxygen atoms in total. The molecule has 0 radical (unpaired) electrons. The second-order valence-electron chi connectivity index (χ2n) is 5.49. The van der Waals surface area contributed by atoms with Crippen LogP contribution in [0.15, 0.2) is 15.9 Å². The monoisotopic (exact) mass is 376 g/mol. The van der Waals surface area contributed by atoms with Crippen LogP contribution in [-0.2, 0) is 4.74 Å². The number of hydrogen-bond acceptors (Lipinski definition) is 5. The molecule has 2 heterocycles. The molecule has 6 heteroatoms. The minimum Gasteiger partial charge on any atom is -0.394 e. The van der Waals surface area contributed by atoms with Crippen LogP contribution in [0, 0.1) is 0 Å². The Balaban J connectivity index is 1.99. The van der Waals surface area contributed by atoms with E-state index in [1.54, 1.807) is 11.3 Å². The lowest BCUT2D eigenvalue weighted by atomic mass is 9.98. The maximum absolute atomic E-state index is 8.84. The summed E-state index contributed by atoms with van der Waals surface area (Å²) in [5.74, 6) is 0. The third kappa shape index (κ3) is 4.74. The predicted molar refractivity (Wildman–Crippen MR) is 90.7 cm³/mol. The van der Waals surface area contributed by atoms with Gasteiger partial charge in [0, 0.05) is 24.0 Å². The molecule has 0 amide bonds. The van der Waals surface area contributed by atoms with Gasteiger partial charge in [-0.3, -0.25) is 4.90 Å². The van der Waals surface area contributed by atoms with Gasteiger partial charge in [-0.1, -0.05) is 6.92 Å². The summed E-state index contributed by atoms with van der Waals surface area (Å²) >= 11 is 5.33. The van der Waals surface area contributed by atoms with Gasteiger partial charge >= 0.3 is 0 Å². The lowest BCUT2D eigenvalue weighted by Gasteiger charge is -2.39. The number of halogens is 1. The van der Waals surface area contributed by atoms with Crippen LogP contribution in [0.1, 0.15) is 37.1 Å². The smallest absolute Gasteiger partial charge is 0.0702 e. The summed E-state index contributed by atoms with van der Waals surface area (Å²) in [6, 6.07) is 4.74. The molecule has 0 aromatic carbocycles. The van der Waals surface area contributed by atoms with E-state index in [0.717, 1.165) is 36.1 Å². The number of aliphatic hydroxyl groups excluding tert-OH is 1. The molecule has 1 aromatic rings. The predicted octanol–water partition coefficient (Wildman–Crippen LogP) is 2.76. The van der Waals surface area contributed by atoms with Gasteiger partial charge in [-0.2, -0.15) is 0 Å². The molecule has 3 N–H and O–H groups in total. The molecular formula is C15H25BrN2O2S. The first-order chi connectivity index (χ1) is 10.2.